The Hall–Kier alpha value is -4.37. The number of carbonyl (C=O) groups is 2. The fourth-order valence-corrected chi connectivity index (χ4v) is 3.07. The van der Waals surface area contributed by atoms with Gasteiger partial charge in [0.05, 0.1) is 17.9 Å². The van der Waals surface area contributed by atoms with Crippen molar-refractivity contribution in [3.05, 3.63) is 108 Å². The highest BCUT2D eigenvalue weighted by Gasteiger charge is 2.17. The predicted octanol–water partition coefficient (Wildman–Crippen LogP) is 4.92. The molecule has 160 valence electrons. The maximum absolute atomic E-state index is 12.9. The molecule has 3 rings (SSSR count). The highest BCUT2D eigenvalue weighted by atomic mass is 16.5. The molecular formula is C26H23N3O3. The van der Waals surface area contributed by atoms with Crippen LogP contribution in [0.3, 0.4) is 0 Å². The van der Waals surface area contributed by atoms with E-state index in [0.717, 1.165) is 11.3 Å². The number of nitriles is 1. The molecule has 0 aliphatic carbocycles. The van der Waals surface area contributed by atoms with Gasteiger partial charge < -0.3 is 15.0 Å². The molecule has 3 aromatic rings. The van der Waals surface area contributed by atoms with Gasteiger partial charge in [-0.1, -0.05) is 60.7 Å². The number of nitrogens with zero attached hydrogens (tertiary/aromatic N) is 2. The SMILES string of the molecule is CCOC(=O)c1ccccc1NC(=O)/C(C#N)=C\N(Cc1ccccc1)c1ccccc1. The minimum atomic E-state index is -0.613. The van der Waals surface area contributed by atoms with Crippen LogP contribution in [0.2, 0.25) is 0 Å². The Labute approximate surface area is 187 Å². The Morgan fingerprint density at radius 1 is 0.969 bits per heavy atom. The molecule has 1 amide bonds. The first-order valence-corrected chi connectivity index (χ1v) is 10.2. The predicted molar refractivity (Wildman–Crippen MR) is 124 cm³/mol. The number of ether oxygens (including phenoxy) is 1. The second kappa shape index (κ2) is 11.1. The second-order valence-corrected chi connectivity index (χ2v) is 6.82. The molecule has 6 nitrogen and oxygen atoms in total. The van der Waals surface area contributed by atoms with Crippen LogP contribution in [0, 0.1) is 11.3 Å². The van der Waals surface area contributed by atoms with E-state index in [-0.39, 0.29) is 23.4 Å². The summed E-state index contributed by atoms with van der Waals surface area (Å²) in [6.45, 7) is 2.40. The number of amides is 1. The summed E-state index contributed by atoms with van der Waals surface area (Å²) in [4.78, 5) is 26.9. The number of nitrogens with one attached hydrogen (secondary N) is 1. The van der Waals surface area contributed by atoms with E-state index in [2.05, 4.69) is 5.32 Å². The van der Waals surface area contributed by atoms with Gasteiger partial charge in [0.15, 0.2) is 0 Å². The molecule has 0 aliphatic rings. The van der Waals surface area contributed by atoms with Gasteiger partial charge >= 0.3 is 5.97 Å². The van der Waals surface area contributed by atoms with Crippen LogP contribution in [-0.4, -0.2) is 18.5 Å². The fraction of sp³-hybridized carbons (Fsp3) is 0.115. The third-order valence-electron chi connectivity index (χ3n) is 4.60. The molecule has 0 spiro atoms. The van der Waals surface area contributed by atoms with Gasteiger partial charge in [-0.25, -0.2) is 4.79 Å². The van der Waals surface area contributed by atoms with Crippen LogP contribution in [0.5, 0.6) is 0 Å². The first-order valence-electron chi connectivity index (χ1n) is 10.2. The molecule has 0 unspecified atom stereocenters. The molecule has 32 heavy (non-hydrogen) atoms. The number of hydrogen-bond donors (Lipinski definition) is 1. The van der Waals surface area contributed by atoms with Crippen LogP contribution < -0.4 is 10.2 Å². The van der Waals surface area contributed by atoms with Gasteiger partial charge in [-0.2, -0.15) is 5.26 Å². The van der Waals surface area contributed by atoms with Crippen molar-refractivity contribution in [1.82, 2.24) is 0 Å². The number of esters is 1. The zero-order chi connectivity index (χ0) is 22.8. The molecule has 6 heteroatoms. The average molecular weight is 425 g/mol. The van der Waals surface area contributed by atoms with Crippen LogP contribution in [0.1, 0.15) is 22.8 Å². The quantitative estimate of drug-likeness (QED) is 0.315. The third-order valence-corrected chi connectivity index (χ3v) is 4.60. The van der Waals surface area contributed by atoms with E-state index in [1.54, 1.807) is 31.2 Å². The van der Waals surface area contributed by atoms with E-state index in [9.17, 15) is 14.9 Å². The van der Waals surface area contributed by atoms with Gasteiger partial charge in [-0.15, -0.1) is 0 Å². The molecule has 0 bridgehead atoms. The number of benzene rings is 3. The smallest absolute Gasteiger partial charge is 0.340 e. The van der Waals surface area contributed by atoms with Crippen LogP contribution in [0.4, 0.5) is 11.4 Å². The summed E-state index contributed by atoms with van der Waals surface area (Å²) in [7, 11) is 0. The summed E-state index contributed by atoms with van der Waals surface area (Å²) in [5, 5.41) is 12.4. The van der Waals surface area contributed by atoms with E-state index in [1.807, 2.05) is 71.6 Å². The lowest BCUT2D eigenvalue weighted by molar-refractivity contribution is -0.112. The molecule has 0 aromatic heterocycles. The molecular weight excluding hydrogens is 402 g/mol. The zero-order valence-electron chi connectivity index (χ0n) is 17.7. The van der Waals surface area contributed by atoms with Crippen molar-refractivity contribution in [3.63, 3.8) is 0 Å². The van der Waals surface area contributed by atoms with Gasteiger partial charge in [0.25, 0.3) is 5.91 Å². The summed E-state index contributed by atoms with van der Waals surface area (Å²) in [6, 6.07) is 27.8. The van der Waals surface area contributed by atoms with E-state index < -0.39 is 11.9 Å². The summed E-state index contributed by atoms with van der Waals surface area (Å²) in [5.41, 5.74) is 2.28. The molecule has 0 fully saturated rings. The van der Waals surface area contributed by atoms with Gasteiger partial charge in [0, 0.05) is 18.4 Å². The lowest BCUT2D eigenvalue weighted by atomic mass is 10.1. The molecule has 0 atom stereocenters. The molecule has 0 saturated carbocycles. The van der Waals surface area contributed by atoms with Crippen molar-refractivity contribution in [2.75, 3.05) is 16.8 Å². The standard InChI is InChI=1S/C26H23N3O3/c1-2-32-26(31)23-15-9-10-16-24(23)28-25(30)21(17-27)19-29(22-13-7-4-8-14-22)18-20-11-5-3-6-12-20/h3-16,19H,2,18H2,1H3,(H,28,30)/b21-19-. The van der Waals surface area contributed by atoms with E-state index >= 15 is 0 Å². The number of anilines is 2. The Morgan fingerprint density at radius 2 is 1.59 bits per heavy atom. The summed E-state index contributed by atoms with van der Waals surface area (Å²) in [5.74, 6) is -1.15. The van der Waals surface area contributed by atoms with Gasteiger partial charge in [-0.3, -0.25) is 4.79 Å². The maximum atomic E-state index is 12.9. The highest BCUT2D eigenvalue weighted by molar-refractivity contribution is 6.09. The van der Waals surface area contributed by atoms with Crippen molar-refractivity contribution in [2.24, 2.45) is 0 Å². The zero-order valence-corrected chi connectivity index (χ0v) is 17.7. The second-order valence-electron chi connectivity index (χ2n) is 6.82. The topological polar surface area (TPSA) is 82.4 Å². The molecule has 0 saturated heterocycles. The molecule has 0 radical (unpaired) electrons. The van der Waals surface area contributed by atoms with Crippen molar-refractivity contribution in [3.8, 4) is 6.07 Å². The maximum Gasteiger partial charge on any atom is 0.340 e. The van der Waals surface area contributed by atoms with Gasteiger partial charge in [-0.05, 0) is 36.8 Å². The first kappa shape index (κ1) is 22.3. The van der Waals surface area contributed by atoms with Crippen LogP contribution in [-0.2, 0) is 16.1 Å². The first-order chi connectivity index (χ1) is 15.6. The van der Waals surface area contributed by atoms with Crippen LogP contribution in [0.25, 0.3) is 0 Å². The summed E-state index contributed by atoms with van der Waals surface area (Å²) < 4.78 is 5.05. The van der Waals surface area contributed by atoms with Crippen LogP contribution >= 0.6 is 0 Å². The minimum absolute atomic E-state index is 0.0940. The molecule has 0 aliphatic heterocycles. The van der Waals surface area contributed by atoms with Crippen molar-refractivity contribution in [2.45, 2.75) is 13.5 Å². The van der Waals surface area contributed by atoms with E-state index in [4.69, 9.17) is 4.74 Å². The number of carbonyl (C=O) groups excluding carboxylic acids is 2. The Balaban J connectivity index is 1.89. The fourth-order valence-electron chi connectivity index (χ4n) is 3.07. The minimum Gasteiger partial charge on any atom is -0.462 e. The molecule has 3 aromatic carbocycles. The monoisotopic (exact) mass is 425 g/mol. The van der Waals surface area contributed by atoms with E-state index in [0.29, 0.717) is 6.54 Å². The number of para-hydroxylation sites is 2. The largest absolute Gasteiger partial charge is 0.462 e. The lowest BCUT2D eigenvalue weighted by Gasteiger charge is -2.21. The van der Waals surface area contributed by atoms with Crippen molar-refractivity contribution >= 4 is 23.3 Å². The van der Waals surface area contributed by atoms with Crippen molar-refractivity contribution in [1.29, 1.82) is 5.26 Å². The Morgan fingerprint density at radius 3 is 2.25 bits per heavy atom. The molecule has 1 N–H and O–H groups in total. The summed E-state index contributed by atoms with van der Waals surface area (Å²) in [6.07, 6.45) is 1.52. The van der Waals surface area contributed by atoms with Gasteiger partial charge in [0.2, 0.25) is 0 Å². The number of hydrogen-bond acceptors (Lipinski definition) is 5. The Kier molecular flexibility index (Phi) is 7.77. The van der Waals surface area contributed by atoms with Gasteiger partial charge in [0.1, 0.15) is 11.6 Å². The summed E-state index contributed by atoms with van der Waals surface area (Å²) >= 11 is 0. The van der Waals surface area contributed by atoms with Crippen molar-refractivity contribution < 1.29 is 14.3 Å². The Bertz CT molecular complexity index is 1140. The van der Waals surface area contributed by atoms with Crippen LogP contribution in [0.15, 0.2) is 96.7 Å². The highest BCUT2D eigenvalue weighted by Crippen LogP contribution is 2.20. The number of rotatable bonds is 8. The average Bonchev–Trinajstić information content (AvgIpc) is 2.83. The van der Waals surface area contributed by atoms with E-state index in [1.165, 1.54) is 6.20 Å². The molecule has 0 heterocycles. The third kappa shape index (κ3) is 5.83. The lowest BCUT2D eigenvalue weighted by Crippen LogP contribution is -2.21. The normalized spacial score (nSPS) is 10.7.